The Morgan fingerprint density at radius 2 is 2.33 bits per heavy atom. The van der Waals surface area contributed by atoms with Gasteiger partial charge in [0.25, 0.3) is 0 Å². The van der Waals surface area contributed by atoms with Gasteiger partial charge < -0.3 is 10.4 Å². The van der Waals surface area contributed by atoms with Crippen molar-refractivity contribution in [3.63, 3.8) is 0 Å². The fourth-order valence-electron chi connectivity index (χ4n) is 2.04. The molecule has 1 aliphatic heterocycles. The highest BCUT2D eigenvalue weighted by Crippen LogP contribution is 2.34. The van der Waals surface area contributed by atoms with E-state index in [9.17, 15) is 9.18 Å². The number of hydrogen-bond donors (Lipinski definition) is 2. The Hall–Kier alpha value is -1.58. The van der Waals surface area contributed by atoms with Crippen molar-refractivity contribution in [1.82, 2.24) is 0 Å². The number of carboxylic acids is 1. The lowest BCUT2D eigenvalue weighted by Gasteiger charge is -2.25. The number of fused-ring (bicyclic) bond motifs is 1. The summed E-state index contributed by atoms with van der Waals surface area (Å²) in [5.74, 6) is -1.85. The number of anilines is 1. The molecule has 0 bridgehead atoms. The average molecular weight is 209 g/mol. The summed E-state index contributed by atoms with van der Waals surface area (Å²) in [6.45, 7) is 2.40. The monoisotopic (exact) mass is 209 g/mol. The number of carbonyl (C=O) groups is 1. The number of nitrogens with one attached hydrogen (secondary N) is 1. The molecule has 1 aliphatic rings. The van der Waals surface area contributed by atoms with Crippen LogP contribution >= 0.6 is 0 Å². The summed E-state index contributed by atoms with van der Waals surface area (Å²) in [5, 5.41) is 12.1. The Balaban J connectivity index is 2.55. The molecule has 15 heavy (non-hydrogen) atoms. The standard InChI is InChI=1S/C11H12FNO2/c1-6-4-7(12)5-9-8(11(14)15)2-3-13-10(6)9/h4-5,8,13H,2-3H2,1H3,(H,14,15). The predicted octanol–water partition coefficient (Wildman–Crippen LogP) is 2.12. The molecule has 0 aromatic heterocycles. The summed E-state index contributed by atoms with van der Waals surface area (Å²) >= 11 is 0. The quantitative estimate of drug-likeness (QED) is 0.744. The Morgan fingerprint density at radius 3 is 3.00 bits per heavy atom. The van der Waals surface area contributed by atoms with Crippen LogP contribution in [-0.2, 0) is 4.79 Å². The summed E-state index contributed by atoms with van der Waals surface area (Å²) in [7, 11) is 0. The lowest BCUT2D eigenvalue weighted by Crippen LogP contribution is -2.23. The van der Waals surface area contributed by atoms with E-state index in [1.54, 1.807) is 6.92 Å². The number of rotatable bonds is 1. The van der Waals surface area contributed by atoms with Crippen LogP contribution in [0, 0.1) is 12.7 Å². The van der Waals surface area contributed by atoms with E-state index in [1.165, 1.54) is 12.1 Å². The minimum Gasteiger partial charge on any atom is -0.481 e. The molecule has 0 spiro atoms. The van der Waals surface area contributed by atoms with Gasteiger partial charge in [0.1, 0.15) is 5.82 Å². The third-order valence-corrected chi connectivity index (χ3v) is 2.74. The lowest BCUT2D eigenvalue weighted by atomic mass is 9.89. The van der Waals surface area contributed by atoms with Crippen LogP contribution in [0.2, 0.25) is 0 Å². The molecule has 3 nitrogen and oxygen atoms in total. The maximum atomic E-state index is 13.2. The SMILES string of the molecule is Cc1cc(F)cc2c1NCCC2C(=O)O. The molecular weight excluding hydrogens is 197 g/mol. The number of benzene rings is 1. The second-order valence-electron chi connectivity index (χ2n) is 3.79. The van der Waals surface area contributed by atoms with Crippen molar-refractivity contribution >= 4 is 11.7 Å². The molecule has 80 valence electrons. The van der Waals surface area contributed by atoms with Gasteiger partial charge in [-0.05, 0) is 36.6 Å². The van der Waals surface area contributed by atoms with Crippen LogP contribution in [0.25, 0.3) is 0 Å². The summed E-state index contributed by atoms with van der Waals surface area (Å²) in [6, 6.07) is 2.73. The summed E-state index contributed by atoms with van der Waals surface area (Å²) in [5.41, 5.74) is 2.09. The van der Waals surface area contributed by atoms with Gasteiger partial charge in [-0.15, -0.1) is 0 Å². The average Bonchev–Trinajstić information content (AvgIpc) is 2.16. The highest BCUT2D eigenvalue weighted by Gasteiger charge is 2.27. The molecule has 2 N–H and O–H groups in total. The van der Waals surface area contributed by atoms with E-state index < -0.39 is 11.9 Å². The van der Waals surface area contributed by atoms with E-state index >= 15 is 0 Å². The van der Waals surface area contributed by atoms with Crippen molar-refractivity contribution in [2.24, 2.45) is 0 Å². The molecule has 1 aromatic carbocycles. The molecule has 0 saturated heterocycles. The van der Waals surface area contributed by atoms with Crippen LogP contribution in [0.3, 0.4) is 0 Å². The van der Waals surface area contributed by atoms with Crippen molar-refractivity contribution in [2.45, 2.75) is 19.3 Å². The van der Waals surface area contributed by atoms with Crippen molar-refractivity contribution in [2.75, 3.05) is 11.9 Å². The van der Waals surface area contributed by atoms with E-state index in [2.05, 4.69) is 5.32 Å². The summed E-state index contributed by atoms with van der Waals surface area (Å²) in [4.78, 5) is 11.0. The zero-order valence-corrected chi connectivity index (χ0v) is 8.38. The zero-order valence-electron chi connectivity index (χ0n) is 8.38. The normalized spacial score (nSPS) is 19.2. The Labute approximate surface area is 86.9 Å². The fourth-order valence-corrected chi connectivity index (χ4v) is 2.04. The first kappa shape index (κ1) is 9.96. The van der Waals surface area contributed by atoms with Gasteiger partial charge >= 0.3 is 5.97 Å². The molecule has 1 unspecified atom stereocenters. The van der Waals surface area contributed by atoms with Crippen LogP contribution < -0.4 is 5.32 Å². The number of hydrogen-bond acceptors (Lipinski definition) is 2. The highest BCUT2D eigenvalue weighted by atomic mass is 19.1. The molecule has 1 aromatic rings. The Morgan fingerprint density at radius 1 is 1.60 bits per heavy atom. The first-order chi connectivity index (χ1) is 7.09. The van der Waals surface area contributed by atoms with Gasteiger partial charge in [-0.1, -0.05) is 0 Å². The van der Waals surface area contributed by atoms with E-state index in [0.29, 0.717) is 18.5 Å². The molecular formula is C11H12FNO2. The van der Waals surface area contributed by atoms with Crippen LogP contribution in [-0.4, -0.2) is 17.6 Å². The highest BCUT2D eigenvalue weighted by molar-refractivity contribution is 5.80. The van der Waals surface area contributed by atoms with Gasteiger partial charge in [-0.3, -0.25) is 4.79 Å². The molecule has 0 saturated carbocycles. The van der Waals surface area contributed by atoms with Crippen molar-refractivity contribution in [3.05, 3.63) is 29.1 Å². The minimum atomic E-state index is -0.886. The topological polar surface area (TPSA) is 49.3 Å². The van der Waals surface area contributed by atoms with E-state index in [-0.39, 0.29) is 5.82 Å². The third-order valence-electron chi connectivity index (χ3n) is 2.74. The van der Waals surface area contributed by atoms with E-state index in [4.69, 9.17) is 5.11 Å². The van der Waals surface area contributed by atoms with Gasteiger partial charge in [0, 0.05) is 12.2 Å². The van der Waals surface area contributed by atoms with Gasteiger partial charge in [0.05, 0.1) is 5.92 Å². The van der Waals surface area contributed by atoms with Crippen LogP contribution in [0.1, 0.15) is 23.5 Å². The van der Waals surface area contributed by atoms with Crippen LogP contribution in [0.15, 0.2) is 12.1 Å². The summed E-state index contributed by atoms with van der Waals surface area (Å²) in [6.07, 6.45) is 0.505. The third kappa shape index (κ3) is 1.67. The molecule has 4 heteroatoms. The first-order valence-corrected chi connectivity index (χ1v) is 4.86. The Kier molecular flexibility index (Phi) is 2.34. The second-order valence-corrected chi connectivity index (χ2v) is 3.79. The lowest BCUT2D eigenvalue weighted by molar-refractivity contribution is -0.138. The zero-order chi connectivity index (χ0) is 11.0. The van der Waals surface area contributed by atoms with Gasteiger partial charge in [-0.2, -0.15) is 0 Å². The number of aryl methyl sites for hydroxylation is 1. The van der Waals surface area contributed by atoms with Crippen molar-refractivity contribution in [3.8, 4) is 0 Å². The second kappa shape index (κ2) is 3.53. The van der Waals surface area contributed by atoms with Crippen LogP contribution in [0.4, 0.5) is 10.1 Å². The number of carboxylic acid groups (broad SMARTS) is 1. The number of halogens is 1. The molecule has 2 rings (SSSR count). The Bertz CT molecular complexity index is 417. The molecule has 1 heterocycles. The first-order valence-electron chi connectivity index (χ1n) is 4.86. The number of aliphatic carboxylic acids is 1. The fraction of sp³-hybridized carbons (Fsp3) is 0.364. The van der Waals surface area contributed by atoms with Crippen molar-refractivity contribution < 1.29 is 14.3 Å². The van der Waals surface area contributed by atoms with Crippen LogP contribution in [0.5, 0.6) is 0 Å². The largest absolute Gasteiger partial charge is 0.481 e. The smallest absolute Gasteiger partial charge is 0.311 e. The summed E-state index contributed by atoms with van der Waals surface area (Å²) < 4.78 is 13.2. The van der Waals surface area contributed by atoms with E-state index in [0.717, 1.165) is 11.3 Å². The predicted molar refractivity (Wildman–Crippen MR) is 54.6 cm³/mol. The van der Waals surface area contributed by atoms with E-state index in [1.807, 2.05) is 0 Å². The maximum absolute atomic E-state index is 13.2. The van der Waals surface area contributed by atoms with Gasteiger partial charge in [0.2, 0.25) is 0 Å². The molecule has 1 atom stereocenters. The molecule has 0 aliphatic carbocycles. The maximum Gasteiger partial charge on any atom is 0.311 e. The minimum absolute atomic E-state index is 0.374. The molecule has 0 fully saturated rings. The molecule has 0 amide bonds. The van der Waals surface area contributed by atoms with Crippen molar-refractivity contribution in [1.29, 1.82) is 0 Å². The van der Waals surface area contributed by atoms with Gasteiger partial charge in [-0.25, -0.2) is 4.39 Å². The van der Waals surface area contributed by atoms with Gasteiger partial charge in [0.15, 0.2) is 0 Å². The molecule has 0 radical (unpaired) electrons.